The van der Waals surface area contributed by atoms with E-state index < -0.39 is 0 Å². The Balaban J connectivity index is 2.19. The van der Waals surface area contributed by atoms with Crippen LogP contribution in [0.4, 0.5) is 5.69 Å². The minimum atomic E-state index is 0.105. The van der Waals surface area contributed by atoms with Gasteiger partial charge in [0.2, 0.25) is 0 Å². The summed E-state index contributed by atoms with van der Waals surface area (Å²) in [6.45, 7) is 0.573. The monoisotopic (exact) mass is 401 g/mol. The molecular weight excluding hydrogens is 389 g/mol. The van der Waals surface area contributed by atoms with Crippen LogP contribution in [0.25, 0.3) is 0 Å². The van der Waals surface area contributed by atoms with Gasteiger partial charge in [-0.05, 0) is 46.4 Å². The highest BCUT2D eigenvalue weighted by Gasteiger charge is 2.07. The third-order valence-electron chi connectivity index (χ3n) is 2.80. The van der Waals surface area contributed by atoms with Crippen LogP contribution < -0.4 is 11.1 Å². The van der Waals surface area contributed by atoms with E-state index in [1.165, 1.54) is 0 Å². The molecule has 0 aliphatic rings. The standard InChI is InChI=1S/C14H13ClIN3O/c15-10-5-6-13(12(16)7-10)18-8-9-3-1-2-4-11(9)14(17)19-20/h1-7,18,20H,8H2,(H2,17,19). The van der Waals surface area contributed by atoms with Gasteiger partial charge >= 0.3 is 0 Å². The number of rotatable bonds is 4. The molecule has 0 saturated heterocycles. The first-order valence-corrected chi connectivity index (χ1v) is 7.32. The van der Waals surface area contributed by atoms with E-state index >= 15 is 0 Å². The molecule has 0 spiro atoms. The maximum Gasteiger partial charge on any atom is 0.170 e. The molecule has 0 heterocycles. The highest BCUT2D eigenvalue weighted by atomic mass is 127. The average molecular weight is 402 g/mol. The molecular formula is C14H13ClIN3O. The molecule has 2 aromatic rings. The molecule has 0 aliphatic heterocycles. The number of amidine groups is 1. The Kier molecular flexibility index (Phi) is 5.08. The van der Waals surface area contributed by atoms with E-state index in [0.29, 0.717) is 17.1 Å². The van der Waals surface area contributed by atoms with Crippen molar-refractivity contribution >= 4 is 45.7 Å². The SMILES string of the molecule is N/C(=N/O)c1ccccc1CNc1ccc(Cl)cc1I. The van der Waals surface area contributed by atoms with Crippen LogP contribution in [0.2, 0.25) is 5.02 Å². The summed E-state index contributed by atoms with van der Waals surface area (Å²) in [6, 6.07) is 13.2. The van der Waals surface area contributed by atoms with Crippen LogP contribution in [-0.2, 0) is 6.54 Å². The van der Waals surface area contributed by atoms with Gasteiger partial charge in [0.05, 0.1) is 0 Å². The Bertz CT molecular complexity index is 646. The van der Waals surface area contributed by atoms with Gasteiger partial charge in [-0.2, -0.15) is 0 Å². The molecule has 104 valence electrons. The van der Waals surface area contributed by atoms with E-state index in [1.54, 1.807) is 0 Å². The third-order valence-corrected chi connectivity index (χ3v) is 3.93. The zero-order valence-corrected chi connectivity index (χ0v) is 13.4. The number of nitrogens with one attached hydrogen (secondary N) is 1. The van der Waals surface area contributed by atoms with Gasteiger partial charge in [0, 0.05) is 26.4 Å². The molecule has 2 rings (SSSR count). The molecule has 4 nitrogen and oxygen atoms in total. The zero-order chi connectivity index (χ0) is 14.5. The molecule has 0 saturated carbocycles. The van der Waals surface area contributed by atoms with E-state index in [0.717, 1.165) is 14.8 Å². The van der Waals surface area contributed by atoms with Gasteiger partial charge in [0.15, 0.2) is 5.84 Å². The van der Waals surface area contributed by atoms with Crippen molar-refractivity contribution in [2.24, 2.45) is 10.9 Å². The predicted octanol–water partition coefficient (Wildman–Crippen LogP) is 3.65. The minimum Gasteiger partial charge on any atom is -0.409 e. The second kappa shape index (κ2) is 6.81. The molecule has 0 fully saturated rings. The number of hydrogen-bond acceptors (Lipinski definition) is 3. The second-order valence-corrected chi connectivity index (χ2v) is 5.72. The maximum atomic E-state index is 8.80. The third kappa shape index (κ3) is 3.55. The summed E-state index contributed by atoms with van der Waals surface area (Å²) in [5.41, 5.74) is 8.32. The summed E-state index contributed by atoms with van der Waals surface area (Å²) in [6.07, 6.45) is 0. The summed E-state index contributed by atoms with van der Waals surface area (Å²) >= 11 is 8.15. The molecule has 20 heavy (non-hydrogen) atoms. The molecule has 0 unspecified atom stereocenters. The number of nitrogens with two attached hydrogens (primary N) is 1. The van der Waals surface area contributed by atoms with Gasteiger partial charge in [0.25, 0.3) is 0 Å². The summed E-state index contributed by atoms with van der Waals surface area (Å²) in [7, 11) is 0. The van der Waals surface area contributed by atoms with Gasteiger partial charge in [0.1, 0.15) is 0 Å². The van der Waals surface area contributed by atoms with Crippen molar-refractivity contribution in [2.45, 2.75) is 6.54 Å². The van der Waals surface area contributed by atoms with E-state index in [4.69, 9.17) is 22.5 Å². The van der Waals surface area contributed by atoms with Gasteiger partial charge < -0.3 is 16.3 Å². The molecule has 0 radical (unpaired) electrons. The van der Waals surface area contributed by atoms with Crippen molar-refractivity contribution in [3.05, 3.63) is 62.2 Å². The van der Waals surface area contributed by atoms with Crippen molar-refractivity contribution in [2.75, 3.05) is 5.32 Å². The van der Waals surface area contributed by atoms with Gasteiger partial charge in [-0.15, -0.1) is 0 Å². The van der Waals surface area contributed by atoms with E-state index in [2.05, 4.69) is 33.1 Å². The first-order valence-electron chi connectivity index (χ1n) is 5.86. The molecule has 4 N–H and O–H groups in total. The minimum absolute atomic E-state index is 0.105. The number of halogens is 2. The van der Waals surface area contributed by atoms with E-state index in [9.17, 15) is 0 Å². The van der Waals surface area contributed by atoms with Gasteiger partial charge in [-0.3, -0.25) is 0 Å². The normalized spacial score (nSPS) is 11.4. The Morgan fingerprint density at radius 1 is 1.30 bits per heavy atom. The van der Waals surface area contributed by atoms with E-state index in [1.807, 2.05) is 42.5 Å². The first-order chi connectivity index (χ1) is 9.61. The fourth-order valence-electron chi connectivity index (χ4n) is 1.80. The molecule has 0 amide bonds. The topological polar surface area (TPSA) is 70.6 Å². The number of benzene rings is 2. The fraction of sp³-hybridized carbons (Fsp3) is 0.0714. The van der Waals surface area contributed by atoms with Crippen molar-refractivity contribution in [3.8, 4) is 0 Å². The number of anilines is 1. The molecule has 0 atom stereocenters. The summed E-state index contributed by atoms with van der Waals surface area (Å²) in [5.74, 6) is 0.105. The quantitative estimate of drug-likeness (QED) is 0.241. The van der Waals surface area contributed by atoms with Crippen LogP contribution in [0.1, 0.15) is 11.1 Å². The Hall–Kier alpha value is -1.47. The lowest BCUT2D eigenvalue weighted by Gasteiger charge is -2.12. The highest BCUT2D eigenvalue weighted by Crippen LogP contribution is 2.23. The van der Waals surface area contributed by atoms with Crippen LogP contribution in [0.3, 0.4) is 0 Å². The Morgan fingerprint density at radius 3 is 2.75 bits per heavy atom. The largest absolute Gasteiger partial charge is 0.409 e. The van der Waals surface area contributed by atoms with Crippen LogP contribution in [0.5, 0.6) is 0 Å². The maximum absolute atomic E-state index is 8.80. The van der Waals surface area contributed by atoms with Crippen LogP contribution >= 0.6 is 34.2 Å². The van der Waals surface area contributed by atoms with Crippen molar-refractivity contribution in [3.63, 3.8) is 0 Å². The molecule has 0 aliphatic carbocycles. The van der Waals surface area contributed by atoms with Crippen LogP contribution in [-0.4, -0.2) is 11.0 Å². The summed E-state index contributed by atoms with van der Waals surface area (Å²) in [5, 5.41) is 15.9. The highest BCUT2D eigenvalue weighted by molar-refractivity contribution is 14.1. The Labute approximate surface area is 135 Å². The van der Waals surface area contributed by atoms with Crippen LogP contribution in [0, 0.1) is 3.57 Å². The first kappa shape index (κ1) is 14.9. The van der Waals surface area contributed by atoms with Gasteiger partial charge in [-0.25, -0.2) is 0 Å². The average Bonchev–Trinajstić information content (AvgIpc) is 2.46. The van der Waals surface area contributed by atoms with E-state index in [-0.39, 0.29) is 5.84 Å². The number of nitrogens with zero attached hydrogens (tertiary/aromatic N) is 1. The summed E-state index contributed by atoms with van der Waals surface area (Å²) < 4.78 is 1.04. The zero-order valence-electron chi connectivity index (χ0n) is 10.5. The van der Waals surface area contributed by atoms with Crippen molar-refractivity contribution in [1.29, 1.82) is 0 Å². The lowest BCUT2D eigenvalue weighted by Crippen LogP contribution is -2.16. The predicted molar refractivity (Wildman–Crippen MR) is 90.4 cm³/mol. The van der Waals surface area contributed by atoms with Crippen LogP contribution in [0.15, 0.2) is 47.6 Å². The fourth-order valence-corrected chi connectivity index (χ4v) is 2.86. The molecule has 6 heteroatoms. The van der Waals surface area contributed by atoms with Crippen molar-refractivity contribution in [1.82, 2.24) is 0 Å². The lowest BCUT2D eigenvalue weighted by atomic mass is 10.1. The lowest BCUT2D eigenvalue weighted by molar-refractivity contribution is 0.318. The van der Waals surface area contributed by atoms with Crippen molar-refractivity contribution < 1.29 is 5.21 Å². The number of hydrogen-bond donors (Lipinski definition) is 3. The molecule has 0 aromatic heterocycles. The molecule has 0 bridgehead atoms. The summed E-state index contributed by atoms with van der Waals surface area (Å²) in [4.78, 5) is 0. The smallest absolute Gasteiger partial charge is 0.170 e. The van der Waals surface area contributed by atoms with Gasteiger partial charge in [-0.1, -0.05) is 41.0 Å². The number of oxime groups is 1. The molecule has 2 aromatic carbocycles. The Morgan fingerprint density at radius 2 is 2.05 bits per heavy atom. The second-order valence-electron chi connectivity index (χ2n) is 4.12.